The number of hydrogen-bond acceptors (Lipinski definition) is 4. The molecule has 1 fully saturated rings. The van der Waals surface area contributed by atoms with Gasteiger partial charge in [0.1, 0.15) is 11.6 Å². The minimum absolute atomic E-state index is 0.304. The number of nitrogens with one attached hydrogen (secondary N) is 2. The molecule has 0 bridgehead atoms. The highest BCUT2D eigenvalue weighted by atomic mass is 19.1. The Bertz CT molecular complexity index is 920. The normalized spacial score (nSPS) is 18.6. The maximum atomic E-state index is 14.6. The number of fused-ring (bicyclic) bond motifs is 1. The summed E-state index contributed by atoms with van der Waals surface area (Å²) in [6, 6.07) is 9.08. The molecule has 0 saturated carbocycles. The van der Waals surface area contributed by atoms with E-state index < -0.39 is 5.82 Å². The van der Waals surface area contributed by atoms with Crippen molar-refractivity contribution in [2.75, 3.05) is 48.8 Å². The molecule has 2 N–H and O–H groups in total. The largest absolute Gasteiger partial charge is 0.367 e. The Morgan fingerprint density at radius 3 is 2.59 bits per heavy atom. The highest BCUT2D eigenvalue weighted by Gasteiger charge is 2.24. The molecular formula is C20H20F2N4O. The number of halogens is 2. The molecular weight excluding hydrogens is 350 g/mol. The number of carbonyl (C=O) groups is 1. The molecule has 0 unspecified atom stereocenters. The van der Waals surface area contributed by atoms with E-state index in [1.165, 1.54) is 24.4 Å². The van der Waals surface area contributed by atoms with Gasteiger partial charge in [-0.1, -0.05) is 0 Å². The van der Waals surface area contributed by atoms with Crippen molar-refractivity contribution in [3.63, 3.8) is 0 Å². The Hall–Kier alpha value is -2.93. The summed E-state index contributed by atoms with van der Waals surface area (Å²) in [5, 5.41) is 5.59. The first-order valence-corrected chi connectivity index (χ1v) is 8.82. The van der Waals surface area contributed by atoms with E-state index in [4.69, 9.17) is 0 Å². The summed E-state index contributed by atoms with van der Waals surface area (Å²) < 4.78 is 27.8. The lowest BCUT2D eigenvalue weighted by atomic mass is 10.1. The molecule has 140 valence electrons. The van der Waals surface area contributed by atoms with E-state index in [9.17, 15) is 13.6 Å². The van der Waals surface area contributed by atoms with Crippen molar-refractivity contribution in [3.05, 3.63) is 59.8 Å². The Morgan fingerprint density at radius 2 is 1.85 bits per heavy atom. The fourth-order valence-corrected chi connectivity index (χ4v) is 3.37. The van der Waals surface area contributed by atoms with Gasteiger partial charge in [0.25, 0.3) is 5.91 Å². The van der Waals surface area contributed by atoms with Crippen LogP contribution in [0.3, 0.4) is 0 Å². The summed E-state index contributed by atoms with van der Waals surface area (Å²) in [6.07, 6.45) is 1.52. The van der Waals surface area contributed by atoms with Crippen LogP contribution in [0.1, 0.15) is 5.56 Å². The number of amides is 1. The van der Waals surface area contributed by atoms with Crippen LogP contribution in [0.2, 0.25) is 0 Å². The summed E-state index contributed by atoms with van der Waals surface area (Å²) in [6.45, 7) is 3.39. The molecule has 2 aliphatic heterocycles. The molecule has 2 aliphatic rings. The molecule has 2 heterocycles. The number of nitrogens with zero attached hydrogens (tertiary/aromatic N) is 2. The molecule has 0 spiro atoms. The third kappa shape index (κ3) is 3.50. The average Bonchev–Trinajstić information content (AvgIpc) is 2.95. The fourth-order valence-electron chi connectivity index (χ4n) is 3.37. The zero-order valence-corrected chi connectivity index (χ0v) is 14.9. The van der Waals surface area contributed by atoms with Gasteiger partial charge in [-0.05, 0) is 43.4 Å². The van der Waals surface area contributed by atoms with E-state index in [1.54, 1.807) is 18.2 Å². The van der Waals surface area contributed by atoms with Crippen molar-refractivity contribution in [1.29, 1.82) is 0 Å². The zero-order chi connectivity index (χ0) is 19.0. The van der Waals surface area contributed by atoms with E-state index in [0.717, 1.165) is 26.2 Å². The quantitative estimate of drug-likeness (QED) is 0.815. The number of hydrogen-bond donors (Lipinski definition) is 2. The molecule has 1 saturated heterocycles. The van der Waals surface area contributed by atoms with Gasteiger partial charge in [-0.15, -0.1) is 0 Å². The lowest BCUT2D eigenvalue weighted by Crippen LogP contribution is -2.44. The minimum Gasteiger partial charge on any atom is -0.367 e. The second kappa shape index (κ2) is 7.00. The Labute approximate surface area is 156 Å². The van der Waals surface area contributed by atoms with Gasteiger partial charge >= 0.3 is 0 Å². The van der Waals surface area contributed by atoms with Gasteiger partial charge in [0.2, 0.25) is 0 Å². The topological polar surface area (TPSA) is 47.6 Å². The van der Waals surface area contributed by atoms with Gasteiger partial charge < -0.3 is 20.4 Å². The van der Waals surface area contributed by atoms with Crippen molar-refractivity contribution < 1.29 is 13.6 Å². The van der Waals surface area contributed by atoms with Crippen LogP contribution in [0, 0.1) is 11.6 Å². The van der Waals surface area contributed by atoms with Crippen molar-refractivity contribution in [2.45, 2.75) is 0 Å². The number of piperazine rings is 1. The van der Waals surface area contributed by atoms with Gasteiger partial charge in [-0.25, -0.2) is 8.78 Å². The molecule has 27 heavy (non-hydrogen) atoms. The van der Waals surface area contributed by atoms with Gasteiger partial charge in [-0.2, -0.15) is 0 Å². The van der Waals surface area contributed by atoms with E-state index in [-0.39, 0.29) is 11.7 Å². The molecule has 0 radical (unpaired) electrons. The van der Waals surface area contributed by atoms with Crippen molar-refractivity contribution in [1.82, 2.24) is 4.90 Å². The first-order valence-electron chi connectivity index (χ1n) is 8.82. The minimum atomic E-state index is -0.412. The van der Waals surface area contributed by atoms with Crippen molar-refractivity contribution in [3.8, 4) is 0 Å². The number of rotatable bonds is 3. The summed E-state index contributed by atoms with van der Waals surface area (Å²) in [7, 11) is 2.06. The first-order chi connectivity index (χ1) is 13.0. The van der Waals surface area contributed by atoms with Crippen molar-refractivity contribution in [2.24, 2.45) is 0 Å². The molecule has 4 rings (SSSR count). The standard InChI is InChI=1S/C20H20F2N4O/c1-25-6-8-26(9-7-25)19-5-3-14(11-17(19)22)23-12-16-15-4-2-13(21)10-18(15)24-20(16)27/h2-5,10-12,23H,6-9H2,1H3,(H,24,27). The van der Waals surface area contributed by atoms with Crippen LogP contribution in [-0.2, 0) is 4.79 Å². The fraction of sp³-hybridized carbons (Fsp3) is 0.250. The van der Waals surface area contributed by atoms with Crippen LogP contribution in [0.4, 0.5) is 25.8 Å². The molecule has 0 aliphatic carbocycles. The third-order valence-electron chi connectivity index (χ3n) is 4.94. The number of anilines is 3. The van der Waals surface area contributed by atoms with Crippen LogP contribution in [-0.4, -0.2) is 44.0 Å². The molecule has 0 aromatic heterocycles. The second-order valence-electron chi connectivity index (χ2n) is 6.80. The predicted molar refractivity (Wildman–Crippen MR) is 103 cm³/mol. The number of carbonyl (C=O) groups excluding carboxylic acids is 1. The van der Waals surface area contributed by atoms with Crippen LogP contribution in [0.5, 0.6) is 0 Å². The van der Waals surface area contributed by atoms with Gasteiger partial charge in [0, 0.05) is 43.6 Å². The van der Waals surface area contributed by atoms with Crippen LogP contribution >= 0.6 is 0 Å². The maximum Gasteiger partial charge on any atom is 0.257 e. The third-order valence-corrected chi connectivity index (χ3v) is 4.94. The molecule has 0 atom stereocenters. The van der Waals surface area contributed by atoms with Gasteiger partial charge in [-0.3, -0.25) is 4.79 Å². The predicted octanol–water partition coefficient (Wildman–Crippen LogP) is 3.12. The Morgan fingerprint density at radius 1 is 1.07 bits per heavy atom. The van der Waals surface area contributed by atoms with Crippen molar-refractivity contribution >= 4 is 28.5 Å². The summed E-state index contributed by atoms with van der Waals surface area (Å²) >= 11 is 0. The summed E-state index contributed by atoms with van der Waals surface area (Å²) in [4.78, 5) is 16.3. The van der Waals surface area contributed by atoms with E-state index in [0.29, 0.717) is 28.2 Å². The van der Waals surface area contributed by atoms with Gasteiger partial charge in [0.05, 0.1) is 16.9 Å². The summed E-state index contributed by atoms with van der Waals surface area (Å²) in [5.74, 6) is -1.04. The second-order valence-corrected chi connectivity index (χ2v) is 6.80. The first kappa shape index (κ1) is 17.5. The summed E-state index contributed by atoms with van der Waals surface area (Å²) in [5.41, 5.74) is 2.56. The molecule has 2 aromatic rings. The van der Waals surface area contributed by atoms with Crippen LogP contribution in [0.15, 0.2) is 42.6 Å². The Kier molecular flexibility index (Phi) is 4.53. The lowest BCUT2D eigenvalue weighted by molar-refractivity contribution is -0.110. The molecule has 2 aromatic carbocycles. The smallest absolute Gasteiger partial charge is 0.257 e. The molecule has 5 nitrogen and oxygen atoms in total. The van der Waals surface area contributed by atoms with Crippen LogP contribution in [0.25, 0.3) is 5.57 Å². The molecule has 7 heteroatoms. The molecule has 1 amide bonds. The highest BCUT2D eigenvalue weighted by Crippen LogP contribution is 2.32. The number of benzene rings is 2. The van der Waals surface area contributed by atoms with E-state index in [2.05, 4.69) is 22.6 Å². The Balaban J connectivity index is 1.52. The van der Waals surface area contributed by atoms with E-state index in [1.807, 2.05) is 4.90 Å². The maximum absolute atomic E-state index is 14.6. The van der Waals surface area contributed by atoms with E-state index >= 15 is 0 Å². The van der Waals surface area contributed by atoms with Gasteiger partial charge in [0.15, 0.2) is 0 Å². The zero-order valence-electron chi connectivity index (χ0n) is 14.9. The highest BCUT2D eigenvalue weighted by molar-refractivity contribution is 6.31. The monoisotopic (exact) mass is 370 g/mol. The average molecular weight is 370 g/mol. The lowest BCUT2D eigenvalue weighted by Gasteiger charge is -2.34. The number of likely N-dealkylation sites (N-methyl/N-ethyl adjacent to an activating group) is 1. The van der Waals surface area contributed by atoms with Crippen LogP contribution < -0.4 is 15.5 Å². The SMILES string of the molecule is CN1CCN(c2ccc(NC=C3C(=O)Nc4cc(F)ccc43)cc2F)CC1.